The predicted octanol–water partition coefficient (Wildman–Crippen LogP) is 0.605. The minimum atomic E-state index is -0.521. The zero-order chi connectivity index (χ0) is 11.9. The number of aromatic hydroxyl groups is 1. The Balaban J connectivity index is 2.52. The molecule has 2 rings (SSSR count). The molecule has 0 aliphatic heterocycles. The van der Waals surface area contributed by atoms with Crippen molar-refractivity contribution in [1.82, 2.24) is 9.55 Å². The topological polar surface area (TPSA) is 75.1 Å². The second-order valence-electron chi connectivity index (χ2n) is 4.81. The van der Waals surface area contributed by atoms with Crippen LogP contribution in [0, 0.1) is 5.41 Å². The van der Waals surface area contributed by atoms with Crippen molar-refractivity contribution < 1.29 is 5.11 Å². The van der Waals surface area contributed by atoms with E-state index in [0.29, 0.717) is 13.0 Å². The number of nitrogens with zero attached hydrogens (tertiary/aromatic N) is 1. The molecule has 0 aromatic carbocycles. The number of hydrogen-bond donors (Lipinski definition) is 2. The van der Waals surface area contributed by atoms with Crippen LogP contribution in [0.15, 0.2) is 9.59 Å². The highest BCUT2D eigenvalue weighted by Crippen LogP contribution is 2.46. The van der Waals surface area contributed by atoms with Crippen LogP contribution in [0.3, 0.4) is 0 Å². The van der Waals surface area contributed by atoms with Gasteiger partial charge in [0.2, 0.25) is 5.88 Å². The summed E-state index contributed by atoms with van der Waals surface area (Å²) in [6.07, 6.45) is 2.52. The largest absolute Gasteiger partial charge is 0.494 e. The number of hydrogen-bond acceptors (Lipinski definition) is 3. The van der Waals surface area contributed by atoms with Gasteiger partial charge < -0.3 is 5.11 Å². The Morgan fingerprint density at radius 1 is 1.44 bits per heavy atom. The number of aromatic nitrogens is 2. The first-order chi connectivity index (χ1) is 7.47. The Kier molecular flexibility index (Phi) is 2.40. The van der Waals surface area contributed by atoms with Crippen molar-refractivity contribution in [2.24, 2.45) is 5.41 Å². The van der Waals surface area contributed by atoms with E-state index in [4.69, 9.17) is 0 Å². The fraction of sp³-hybridized carbons (Fsp3) is 0.636. The minimum absolute atomic E-state index is 0.102. The van der Waals surface area contributed by atoms with E-state index in [1.165, 1.54) is 4.57 Å². The average Bonchev–Trinajstić information content (AvgIpc) is 2.92. The van der Waals surface area contributed by atoms with Crippen molar-refractivity contribution >= 4 is 0 Å². The molecule has 0 atom stereocenters. The molecule has 16 heavy (non-hydrogen) atoms. The van der Waals surface area contributed by atoms with E-state index >= 15 is 0 Å². The van der Waals surface area contributed by atoms with Crippen LogP contribution in [0.5, 0.6) is 5.88 Å². The Hall–Kier alpha value is -1.52. The Morgan fingerprint density at radius 2 is 2.06 bits per heavy atom. The molecule has 2 N–H and O–H groups in total. The van der Waals surface area contributed by atoms with E-state index in [-0.39, 0.29) is 16.9 Å². The number of H-pyrrole nitrogens is 1. The van der Waals surface area contributed by atoms with Gasteiger partial charge in [0, 0.05) is 6.54 Å². The van der Waals surface area contributed by atoms with Gasteiger partial charge >= 0.3 is 5.69 Å². The summed E-state index contributed by atoms with van der Waals surface area (Å²) in [7, 11) is 0. The van der Waals surface area contributed by atoms with Crippen LogP contribution >= 0.6 is 0 Å². The molecule has 1 saturated carbocycles. The average molecular weight is 224 g/mol. The third-order valence-corrected chi connectivity index (χ3v) is 3.26. The third-order valence-electron chi connectivity index (χ3n) is 3.26. The molecule has 1 aliphatic carbocycles. The number of rotatable bonds is 3. The molecule has 0 unspecified atom stereocenters. The molecule has 0 amide bonds. The lowest BCUT2D eigenvalue weighted by molar-refractivity contribution is 0.354. The first-order valence-electron chi connectivity index (χ1n) is 5.52. The van der Waals surface area contributed by atoms with Crippen LogP contribution in [0.4, 0.5) is 0 Å². The van der Waals surface area contributed by atoms with E-state index < -0.39 is 11.2 Å². The Bertz CT molecular complexity index is 523. The lowest BCUT2D eigenvalue weighted by Gasteiger charge is -2.14. The summed E-state index contributed by atoms with van der Waals surface area (Å²) in [5, 5.41) is 9.88. The van der Waals surface area contributed by atoms with Gasteiger partial charge in [-0.1, -0.05) is 13.8 Å². The quantitative estimate of drug-likeness (QED) is 0.789. The normalized spacial score (nSPS) is 17.4. The zero-order valence-corrected chi connectivity index (χ0v) is 9.54. The molecule has 1 aromatic rings. The summed E-state index contributed by atoms with van der Waals surface area (Å²) < 4.78 is 1.27. The first kappa shape index (κ1) is 11.0. The van der Waals surface area contributed by atoms with Crippen molar-refractivity contribution in [3.8, 4) is 5.88 Å². The molecule has 0 bridgehead atoms. The summed E-state index contributed by atoms with van der Waals surface area (Å²) in [6.45, 7) is 4.31. The zero-order valence-electron chi connectivity index (χ0n) is 9.54. The Labute approximate surface area is 92.7 Å². The predicted molar refractivity (Wildman–Crippen MR) is 59.7 cm³/mol. The standard InChI is InChI=1S/C11H16N2O3/c1-3-7-8(14)12-10(16)13(9(7)15)6-11(2)4-5-11/h15H,3-6H2,1-2H3,(H,12,14,16). The molecule has 0 saturated heterocycles. The maximum Gasteiger partial charge on any atom is 0.331 e. The summed E-state index contributed by atoms with van der Waals surface area (Å²) in [6, 6.07) is 0. The molecule has 1 fully saturated rings. The summed E-state index contributed by atoms with van der Waals surface area (Å²) in [4.78, 5) is 25.2. The van der Waals surface area contributed by atoms with Gasteiger partial charge in [-0.25, -0.2) is 4.79 Å². The van der Waals surface area contributed by atoms with E-state index in [2.05, 4.69) is 11.9 Å². The highest BCUT2D eigenvalue weighted by Gasteiger charge is 2.38. The van der Waals surface area contributed by atoms with E-state index in [9.17, 15) is 14.7 Å². The molecule has 0 spiro atoms. The van der Waals surface area contributed by atoms with Gasteiger partial charge in [-0.2, -0.15) is 0 Å². The van der Waals surface area contributed by atoms with Gasteiger partial charge in [-0.3, -0.25) is 14.3 Å². The molecular weight excluding hydrogens is 208 g/mol. The van der Waals surface area contributed by atoms with Crippen LogP contribution in [-0.2, 0) is 13.0 Å². The summed E-state index contributed by atoms with van der Waals surface area (Å²) in [5.41, 5.74) is -0.622. The van der Waals surface area contributed by atoms with Gasteiger partial charge in [0.15, 0.2) is 0 Å². The van der Waals surface area contributed by atoms with Gasteiger partial charge in [-0.15, -0.1) is 0 Å². The van der Waals surface area contributed by atoms with Crippen LogP contribution in [0.25, 0.3) is 0 Å². The monoisotopic (exact) mass is 224 g/mol. The van der Waals surface area contributed by atoms with Crippen molar-refractivity contribution in [2.75, 3.05) is 0 Å². The summed E-state index contributed by atoms with van der Waals surface area (Å²) in [5.74, 6) is -0.177. The van der Waals surface area contributed by atoms with E-state index in [1.807, 2.05) is 0 Å². The summed E-state index contributed by atoms with van der Waals surface area (Å²) >= 11 is 0. The van der Waals surface area contributed by atoms with E-state index in [0.717, 1.165) is 12.8 Å². The minimum Gasteiger partial charge on any atom is -0.494 e. The maximum absolute atomic E-state index is 11.6. The molecular formula is C11H16N2O3. The van der Waals surface area contributed by atoms with Crippen LogP contribution in [-0.4, -0.2) is 14.7 Å². The van der Waals surface area contributed by atoms with Gasteiger partial charge in [-0.05, 0) is 24.7 Å². The fourth-order valence-electron chi connectivity index (χ4n) is 1.82. The van der Waals surface area contributed by atoms with Crippen molar-refractivity contribution in [1.29, 1.82) is 0 Å². The second-order valence-corrected chi connectivity index (χ2v) is 4.81. The molecule has 0 radical (unpaired) electrons. The SMILES string of the molecule is CCc1c(O)n(CC2(C)CC2)c(=O)[nH]c1=O. The van der Waals surface area contributed by atoms with E-state index in [1.54, 1.807) is 6.92 Å². The molecule has 1 aromatic heterocycles. The van der Waals surface area contributed by atoms with Gasteiger partial charge in [0.05, 0.1) is 5.56 Å². The highest BCUT2D eigenvalue weighted by atomic mass is 16.3. The highest BCUT2D eigenvalue weighted by molar-refractivity contribution is 5.22. The first-order valence-corrected chi connectivity index (χ1v) is 5.52. The van der Waals surface area contributed by atoms with Crippen molar-refractivity contribution in [2.45, 2.75) is 39.7 Å². The Morgan fingerprint density at radius 3 is 2.56 bits per heavy atom. The number of nitrogens with one attached hydrogen (secondary N) is 1. The molecule has 88 valence electrons. The second kappa shape index (κ2) is 3.50. The number of aromatic amines is 1. The fourth-order valence-corrected chi connectivity index (χ4v) is 1.82. The lowest BCUT2D eigenvalue weighted by atomic mass is 10.1. The maximum atomic E-state index is 11.6. The van der Waals surface area contributed by atoms with Gasteiger partial charge in [0.1, 0.15) is 0 Å². The molecule has 1 heterocycles. The smallest absolute Gasteiger partial charge is 0.331 e. The molecule has 5 nitrogen and oxygen atoms in total. The molecule has 1 aliphatic rings. The third kappa shape index (κ3) is 1.77. The van der Waals surface area contributed by atoms with Crippen LogP contribution in [0.1, 0.15) is 32.3 Å². The molecule has 5 heteroatoms. The van der Waals surface area contributed by atoms with Gasteiger partial charge in [0.25, 0.3) is 5.56 Å². The van der Waals surface area contributed by atoms with Crippen LogP contribution in [0.2, 0.25) is 0 Å². The van der Waals surface area contributed by atoms with Crippen molar-refractivity contribution in [3.05, 3.63) is 26.4 Å². The lowest BCUT2D eigenvalue weighted by Crippen LogP contribution is -2.33. The van der Waals surface area contributed by atoms with Crippen LogP contribution < -0.4 is 11.2 Å². The van der Waals surface area contributed by atoms with Crippen molar-refractivity contribution in [3.63, 3.8) is 0 Å².